The first-order valence-electron chi connectivity index (χ1n) is 5.04. The molecule has 1 aromatic rings. The van der Waals surface area contributed by atoms with Crippen LogP contribution in [-0.2, 0) is 6.54 Å². The Morgan fingerprint density at radius 3 is 2.56 bits per heavy atom. The summed E-state index contributed by atoms with van der Waals surface area (Å²) in [6.07, 6.45) is -0.943. The summed E-state index contributed by atoms with van der Waals surface area (Å²) < 4.78 is 5.29. The summed E-state index contributed by atoms with van der Waals surface area (Å²) >= 11 is 0. The van der Waals surface area contributed by atoms with Gasteiger partial charge in [0.2, 0.25) is 0 Å². The normalized spacial score (nSPS) is 10.0. The van der Waals surface area contributed by atoms with E-state index >= 15 is 0 Å². The molecule has 0 fully saturated rings. The van der Waals surface area contributed by atoms with Crippen LogP contribution in [0, 0.1) is 13.8 Å². The highest BCUT2D eigenvalue weighted by molar-refractivity contribution is 5.64. The number of ether oxygens (including phenoxy) is 1. The van der Waals surface area contributed by atoms with E-state index < -0.39 is 6.09 Å². The van der Waals surface area contributed by atoms with Crippen molar-refractivity contribution in [2.24, 2.45) is 0 Å². The standard InChI is InChI=1S/C12H17NO3/c1-8-5-9(2)11(16-4)10(6-8)7-13(3)12(14)15/h5-6H,7H2,1-4H3,(H,14,15). The summed E-state index contributed by atoms with van der Waals surface area (Å²) in [5, 5.41) is 8.83. The van der Waals surface area contributed by atoms with Gasteiger partial charge in [-0.1, -0.05) is 17.7 Å². The van der Waals surface area contributed by atoms with Crippen molar-refractivity contribution in [3.05, 3.63) is 28.8 Å². The molecule has 1 amide bonds. The van der Waals surface area contributed by atoms with Gasteiger partial charge in [-0.3, -0.25) is 0 Å². The number of benzene rings is 1. The topological polar surface area (TPSA) is 49.8 Å². The Labute approximate surface area is 95.5 Å². The minimum Gasteiger partial charge on any atom is -0.496 e. The first-order chi connectivity index (χ1) is 7.45. The van der Waals surface area contributed by atoms with Crippen molar-refractivity contribution in [3.63, 3.8) is 0 Å². The van der Waals surface area contributed by atoms with Crippen LogP contribution in [-0.4, -0.2) is 30.3 Å². The van der Waals surface area contributed by atoms with Gasteiger partial charge in [0.05, 0.1) is 13.7 Å². The average Bonchev–Trinajstić information content (AvgIpc) is 2.16. The maximum absolute atomic E-state index is 10.8. The van der Waals surface area contributed by atoms with Crippen molar-refractivity contribution in [3.8, 4) is 5.75 Å². The van der Waals surface area contributed by atoms with Crippen LogP contribution in [0.5, 0.6) is 5.75 Å². The Hall–Kier alpha value is -1.71. The molecule has 1 rings (SSSR count). The van der Waals surface area contributed by atoms with Gasteiger partial charge in [-0.05, 0) is 19.4 Å². The number of hydrogen-bond donors (Lipinski definition) is 1. The van der Waals surface area contributed by atoms with Crippen molar-refractivity contribution in [1.82, 2.24) is 4.90 Å². The Bertz CT molecular complexity index is 401. The number of carboxylic acid groups (broad SMARTS) is 1. The number of amides is 1. The zero-order valence-electron chi connectivity index (χ0n) is 10.1. The molecule has 4 nitrogen and oxygen atoms in total. The smallest absolute Gasteiger partial charge is 0.407 e. The van der Waals surface area contributed by atoms with E-state index in [9.17, 15) is 4.79 Å². The third-order valence-electron chi connectivity index (χ3n) is 2.43. The molecule has 0 spiro atoms. The number of hydrogen-bond acceptors (Lipinski definition) is 2. The number of aryl methyl sites for hydroxylation is 2. The van der Waals surface area contributed by atoms with Crippen molar-refractivity contribution in [1.29, 1.82) is 0 Å². The summed E-state index contributed by atoms with van der Waals surface area (Å²) in [6.45, 7) is 4.27. The third-order valence-corrected chi connectivity index (χ3v) is 2.43. The minimum absolute atomic E-state index is 0.334. The molecule has 4 heteroatoms. The molecular formula is C12H17NO3. The van der Waals surface area contributed by atoms with Gasteiger partial charge in [0.1, 0.15) is 5.75 Å². The number of carbonyl (C=O) groups is 1. The molecule has 0 unspecified atom stereocenters. The quantitative estimate of drug-likeness (QED) is 0.856. The predicted octanol–water partition coefficient (Wildman–Crippen LogP) is 2.42. The van der Waals surface area contributed by atoms with Crippen molar-refractivity contribution in [2.75, 3.05) is 14.2 Å². The lowest BCUT2D eigenvalue weighted by Gasteiger charge is -2.17. The fourth-order valence-corrected chi connectivity index (χ4v) is 1.78. The van der Waals surface area contributed by atoms with E-state index in [4.69, 9.17) is 9.84 Å². The Morgan fingerprint density at radius 2 is 2.06 bits per heavy atom. The first kappa shape index (κ1) is 12.4. The largest absolute Gasteiger partial charge is 0.496 e. The lowest BCUT2D eigenvalue weighted by atomic mass is 10.1. The van der Waals surface area contributed by atoms with Gasteiger partial charge >= 0.3 is 6.09 Å². The molecule has 16 heavy (non-hydrogen) atoms. The van der Waals surface area contributed by atoms with Crippen LogP contribution < -0.4 is 4.74 Å². The molecule has 0 heterocycles. The molecule has 0 radical (unpaired) electrons. The molecule has 0 aromatic heterocycles. The van der Waals surface area contributed by atoms with Gasteiger partial charge < -0.3 is 14.7 Å². The van der Waals surface area contributed by atoms with Gasteiger partial charge in [-0.25, -0.2) is 4.79 Å². The monoisotopic (exact) mass is 223 g/mol. The second kappa shape index (κ2) is 4.88. The van der Waals surface area contributed by atoms with Crippen LogP contribution in [0.3, 0.4) is 0 Å². The molecule has 1 aromatic carbocycles. The molecule has 0 saturated carbocycles. The third kappa shape index (κ3) is 2.66. The highest BCUT2D eigenvalue weighted by atomic mass is 16.5. The molecule has 0 aliphatic heterocycles. The number of rotatable bonds is 3. The van der Waals surface area contributed by atoms with Gasteiger partial charge in [-0.2, -0.15) is 0 Å². The van der Waals surface area contributed by atoms with Gasteiger partial charge in [0.15, 0.2) is 0 Å². The van der Waals surface area contributed by atoms with Crippen molar-refractivity contribution >= 4 is 6.09 Å². The molecule has 0 saturated heterocycles. The van der Waals surface area contributed by atoms with Crippen LogP contribution in [0.15, 0.2) is 12.1 Å². The molecular weight excluding hydrogens is 206 g/mol. The number of nitrogens with zero attached hydrogens (tertiary/aromatic N) is 1. The van der Waals surface area contributed by atoms with Crippen LogP contribution in [0.1, 0.15) is 16.7 Å². The second-order valence-corrected chi connectivity index (χ2v) is 3.91. The molecule has 0 aliphatic rings. The minimum atomic E-state index is -0.943. The predicted molar refractivity (Wildman–Crippen MR) is 62.0 cm³/mol. The molecule has 1 N–H and O–H groups in total. The van der Waals surface area contributed by atoms with Crippen molar-refractivity contribution in [2.45, 2.75) is 20.4 Å². The molecule has 88 valence electrons. The summed E-state index contributed by atoms with van der Waals surface area (Å²) in [5.74, 6) is 0.763. The maximum atomic E-state index is 10.8. The van der Waals surface area contributed by atoms with Crippen LogP contribution >= 0.6 is 0 Å². The first-order valence-corrected chi connectivity index (χ1v) is 5.04. The van der Waals surface area contributed by atoms with Gasteiger partial charge in [0, 0.05) is 12.6 Å². The SMILES string of the molecule is COc1c(C)cc(C)cc1CN(C)C(=O)O. The van der Waals surface area contributed by atoms with Crippen LogP contribution in [0.2, 0.25) is 0 Å². The summed E-state index contributed by atoms with van der Waals surface area (Å²) in [5.41, 5.74) is 3.02. The number of methoxy groups -OCH3 is 1. The lowest BCUT2D eigenvalue weighted by Crippen LogP contribution is -2.24. The van der Waals surface area contributed by atoms with E-state index in [1.165, 1.54) is 4.90 Å². The lowest BCUT2D eigenvalue weighted by molar-refractivity contribution is 0.153. The Kier molecular flexibility index (Phi) is 3.77. The Balaban J connectivity index is 3.07. The molecule has 0 atom stereocenters. The Morgan fingerprint density at radius 1 is 1.44 bits per heavy atom. The van der Waals surface area contributed by atoms with Crippen LogP contribution in [0.4, 0.5) is 4.79 Å². The highest BCUT2D eigenvalue weighted by Gasteiger charge is 2.12. The summed E-state index contributed by atoms with van der Waals surface area (Å²) in [7, 11) is 3.14. The van der Waals surface area contributed by atoms with Crippen molar-refractivity contribution < 1.29 is 14.6 Å². The molecule has 0 bridgehead atoms. The van der Waals surface area contributed by atoms with E-state index in [-0.39, 0.29) is 0 Å². The van der Waals surface area contributed by atoms with E-state index in [1.54, 1.807) is 14.2 Å². The van der Waals surface area contributed by atoms with E-state index in [0.717, 1.165) is 22.4 Å². The fourth-order valence-electron chi connectivity index (χ4n) is 1.78. The highest BCUT2D eigenvalue weighted by Crippen LogP contribution is 2.25. The average molecular weight is 223 g/mol. The van der Waals surface area contributed by atoms with E-state index in [1.807, 2.05) is 26.0 Å². The maximum Gasteiger partial charge on any atom is 0.407 e. The van der Waals surface area contributed by atoms with E-state index in [2.05, 4.69) is 0 Å². The summed E-state index contributed by atoms with van der Waals surface area (Å²) in [4.78, 5) is 12.0. The van der Waals surface area contributed by atoms with Gasteiger partial charge in [-0.15, -0.1) is 0 Å². The van der Waals surface area contributed by atoms with Gasteiger partial charge in [0.25, 0.3) is 0 Å². The second-order valence-electron chi connectivity index (χ2n) is 3.91. The zero-order chi connectivity index (χ0) is 12.3. The van der Waals surface area contributed by atoms with E-state index in [0.29, 0.717) is 6.54 Å². The zero-order valence-corrected chi connectivity index (χ0v) is 10.1. The molecule has 0 aliphatic carbocycles. The summed E-state index contributed by atoms with van der Waals surface area (Å²) in [6, 6.07) is 3.97. The fraction of sp³-hybridized carbons (Fsp3) is 0.417. The van der Waals surface area contributed by atoms with Crippen LogP contribution in [0.25, 0.3) is 0 Å².